The SMILES string of the molecule is [B]C([B])([B])Oc1ncccc1Nc1cc(NC)n2ncc(C(=O)NCCC3(O)CC3)c2n1. The molecular formula is C19H20B3N7O3. The van der Waals surface area contributed by atoms with Crippen molar-refractivity contribution >= 4 is 52.4 Å². The highest BCUT2D eigenvalue weighted by atomic mass is 16.5. The molecule has 0 aromatic carbocycles. The van der Waals surface area contributed by atoms with Crippen LogP contribution in [-0.2, 0) is 0 Å². The summed E-state index contributed by atoms with van der Waals surface area (Å²) in [5.41, 5.74) is 0.403. The van der Waals surface area contributed by atoms with Crippen LogP contribution < -0.4 is 20.7 Å². The maximum absolute atomic E-state index is 12.7. The van der Waals surface area contributed by atoms with Gasteiger partial charge in [0.25, 0.3) is 5.91 Å². The third kappa shape index (κ3) is 4.99. The topological polar surface area (TPSA) is 126 Å². The van der Waals surface area contributed by atoms with E-state index in [-0.39, 0.29) is 11.8 Å². The van der Waals surface area contributed by atoms with Crippen LogP contribution in [0.5, 0.6) is 5.88 Å². The molecule has 3 aromatic rings. The number of pyridine rings is 1. The molecule has 1 fully saturated rings. The van der Waals surface area contributed by atoms with Gasteiger partial charge >= 0.3 is 0 Å². The average Bonchev–Trinajstić information content (AvgIpc) is 3.30. The molecule has 3 aromatic heterocycles. The molecule has 1 saturated carbocycles. The highest BCUT2D eigenvalue weighted by Crippen LogP contribution is 2.37. The van der Waals surface area contributed by atoms with Crippen molar-refractivity contribution in [3.05, 3.63) is 36.2 Å². The van der Waals surface area contributed by atoms with Crippen molar-refractivity contribution in [3.8, 4) is 5.88 Å². The number of aromatic nitrogens is 4. The summed E-state index contributed by atoms with van der Waals surface area (Å²) < 4.78 is 6.80. The number of hydrogen-bond acceptors (Lipinski definition) is 8. The lowest BCUT2D eigenvalue weighted by molar-refractivity contribution is 0.0937. The smallest absolute Gasteiger partial charge is 0.256 e. The Balaban J connectivity index is 1.61. The van der Waals surface area contributed by atoms with Crippen LogP contribution in [0.1, 0.15) is 29.6 Å². The molecule has 4 N–H and O–H groups in total. The zero-order valence-electron chi connectivity index (χ0n) is 17.5. The van der Waals surface area contributed by atoms with Crippen molar-refractivity contribution in [1.82, 2.24) is 24.9 Å². The molecule has 32 heavy (non-hydrogen) atoms. The maximum Gasteiger partial charge on any atom is 0.256 e. The fourth-order valence-electron chi connectivity index (χ4n) is 3.14. The molecule has 0 spiro atoms. The monoisotopic (exact) mass is 427 g/mol. The molecule has 3 heterocycles. The zero-order chi connectivity index (χ0) is 22.9. The average molecular weight is 427 g/mol. The first-order valence-corrected chi connectivity index (χ1v) is 10.0. The number of anilines is 3. The fourth-order valence-corrected chi connectivity index (χ4v) is 3.14. The van der Waals surface area contributed by atoms with Gasteiger partial charge in [-0.2, -0.15) is 9.61 Å². The number of carbonyl (C=O) groups is 1. The molecule has 0 saturated heterocycles. The van der Waals surface area contributed by atoms with E-state index < -0.39 is 10.9 Å². The number of nitrogens with zero attached hydrogens (tertiary/aromatic N) is 4. The highest BCUT2D eigenvalue weighted by molar-refractivity contribution is 6.58. The lowest BCUT2D eigenvalue weighted by atomic mass is 9.52. The van der Waals surface area contributed by atoms with Crippen LogP contribution in [0.4, 0.5) is 17.3 Å². The number of aliphatic hydroxyl groups is 1. The molecule has 1 aliphatic rings. The van der Waals surface area contributed by atoms with Gasteiger partial charge in [0.15, 0.2) is 5.65 Å². The van der Waals surface area contributed by atoms with Gasteiger partial charge < -0.3 is 25.8 Å². The predicted molar refractivity (Wildman–Crippen MR) is 122 cm³/mol. The van der Waals surface area contributed by atoms with E-state index in [4.69, 9.17) is 28.3 Å². The molecule has 10 nitrogen and oxygen atoms in total. The Kier molecular flexibility index (Phi) is 5.76. The largest absolute Gasteiger partial charge is 0.499 e. The molecule has 13 heteroatoms. The fraction of sp³-hybridized carbons (Fsp3) is 0.368. The van der Waals surface area contributed by atoms with Crippen molar-refractivity contribution in [1.29, 1.82) is 0 Å². The van der Waals surface area contributed by atoms with Gasteiger partial charge in [0.05, 0.1) is 11.8 Å². The number of carbonyl (C=O) groups excluding carboxylic acids is 1. The van der Waals surface area contributed by atoms with Crippen molar-refractivity contribution in [2.24, 2.45) is 0 Å². The number of ether oxygens (including phenoxy) is 1. The second-order valence-electron chi connectivity index (χ2n) is 7.74. The van der Waals surface area contributed by atoms with E-state index in [1.807, 2.05) is 0 Å². The van der Waals surface area contributed by atoms with Gasteiger partial charge in [-0.15, -0.1) is 0 Å². The van der Waals surface area contributed by atoms with Gasteiger partial charge in [-0.1, -0.05) is 0 Å². The molecule has 0 unspecified atom stereocenters. The molecule has 0 aliphatic heterocycles. The third-order valence-electron chi connectivity index (χ3n) is 4.98. The second-order valence-corrected chi connectivity index (χ2v) is 7.74. The number of rotatable bonds is 9. The van der Waals surface area contributed by atoms with Gasteiger partial charge in [0.2, 0.25) is 5.88 Å². The maximum atomic E-state index is 12.7. The molecule has 0 atom stereocenters. The van der Waals surface area contributed by atoms with Crippen LogP contribution in [0, 0.1) is 0 Å². The van der Waals surface area contributed by atoms with E-state index in [1.54, 1.807) is 25.2 Å². The first kappa shape index (κ1) is 22.0. The zero-order valence-corrected chi connectivity index (χ0v) is 17.5. The Hall–Kier alpha value is -3.21. The standard InChI is InChI=1S/C19H20B3N7O3/c1-23-14-9-13(27-12-3-2-7-25-17(12)32-19(20,21)22)28-15-11(10-26-29(14)15)16(30)24-8-6-18(31)4-5-18/h2-3,7,9-10,23,31H,4-6,8H2,1H3,(H,24,30)(H,27,28). The van der Waals surface area contributed by atoms with Crippen LogP contribution in [0.3, 0.4) is 0 Å². The number of amides is 1. The minimum atomic E-state index is -1.91. The molecule has 1 amide bonds. The van der Waals surface area contributed by atoms with E-state index in [9.17, 15) is 9.90 Å². The van der Waals surface area contributed by atoms with Crippen LogP contribution in [0.25, 0.3) is 5.65 Å². The van der Waals surface area contributed by atoms with Crippen molar-refractivity contribution in [3.63, 3.8) is 0 Å². The van der Waals surface area contributed by atoms with E-state index >= 15 is 0 Å². The van der Waals surface area contributed by atoms with E-state index in [2.05, 4.69) is 31.0 Å². The summed E-state index contributed by atoms with van der Waals surface area (Å²) in [7, 11) is 18.3. The predicted octanol–water partition coefficient (Wildman–Crippen LogP) is 0.0500. The number of nitrogens with one attached hydrogen (secondary N) is 3. The van der Waals surface area contributed by atoms with E-state index in [0.717, 1.165) is 12.8 Å². The highest BCUT2D eigenvalue weighted by Gasteiger charge is 2.39. The van der Waals surface area contributed by atoms with Gasteiger partial charge in [0.1, 0.15) is 46.4 Å². The van der Waals surface area contributed by atoms with Gasteiger partial charge in [-0.05, 0) is 36.7 Å². The lowest BCUT2D eigenvalue weighted by Crippen LogP contribution is -2.38. The van der Waals surface area contributed by atoms with Crippen molar-refractivity contribution in [2.45, 2.75) is 30.2 Å². The molecule has 1 aliphatic carbocycles. The van der Waals surface area contributed by atoms with Crippen molar-refractivity contribution in [2.75, 3.05) is 24.2 Å². The van der Waals surface area contributed by atoms with Crippen molar-refractivity contribution < 1.29 is 14.6 Å². The Bertz CT molecular complexity index is 1140. The Morgan fingerprint density at radius 3 is 2.84 bits per heavy atom. The summed E-state index contributed by atoms with van der Waals surface area (Å²) in [6, 6.07) is 5.07. The molecule has 6 radical (unpaired) electrons. The summed E-state index contributed by atoms with van der Waals surface area (Å²) in [6.07, 6.45) is 4.98. The molecule has 4 rings (SSSR count). The van der Waals surface area contributed by atoms with Crippen LogP contribution >= 0.6 is 0 Å². The molecule has 0 bridgehead atoms. The lowest BCUT2D eigenvalue weighted by Gasteiger charge is -2.24. The quantitative estimate of drug-likeness (QED) is 0.354. The number of fused-ring (bicyclic) bond motifs is 1. The van der Waals surface area contributed by atoms with E-state index in [0.29, 0.717) is 41.5 Å². The summed E-state index contributed by atoms with van der Waals surface area (Å²) in [5, 5.41) is 21.2. The molecule has 158 valence electrons. The Morgan fingerprint density at radius 1 is 1.38 bits per heavy atom. The van der Waals surface area contributed by atoms with E-state index in [1.165, 1.54) is 16.9 Å². The Labute approximate surface area is 188 Å². The first-order chi connectivity index (χ1) is 15.2. The summed E-state index contributed by atoms with van der Waals surface area (Å²) in [5.74, 6) is 0.719. The van der Waals surface area contributed by atoms with Gasteiger partial charge in [-0.3, -0.25) is 4.79 Å². The van der Waals surface area contributed by atoms with Gasteiger partial charge in [0, 0.05) is 25.9 Å². The minimum absolute atomic E-state index is 0.0807. The normalized spacial score (nSPS) is 14.7. The summed E-state index contributed by atoms with van der Waals surface area (Å²) in [6.45, 7) is 0.360. The van der Waals surface area contributed by atoms with Gasteiger partial charge in [-0.25, -0.2) is 9.97 Å². The number of hydrogen-bond donors (Lipinski definition) is 4. The second kappa shape index (κ2) is 8.38. The van der Waals surface area contributed by atoms with Crippen LogP contribution in [0.2, 0.25) is 0 Å². The van der Waals surface area contributed by atoms with Crippen LogP contribution in [0.15, 0.2) is 30.6 Å². The third-order valence-corrected chi connectivity index (χ3v) is 4.98. The first-order valence-electron chi connectivity index (χ1n) is 10.0. The summed E-state index contributed by atoms with van der Waals surface area (Å²) >= 11 is 0. The minimum Gasteiger partial charge on any atom is -0.499 e. The molecular weight excluding hydrogens is 407 g/mol. The Morgan fingerprint density at radius 2 is 2.16 bits per heavy atom. The summed E-state index contributed by atoms with van der Waals surface area (Å²) in [4.78, 5) is 21.3. The van der Waals surface area contributed by atoms with Crippen LogP contribution in [-0.4, -0.2) is 78.6 Å².